The van der Waals surface area contributed by atoms with Crippen LogP contribution in [0.2, 0.25) is 18.1 Å². The fourth-order valence-corrected chi connectivity index (χ4v) is 4.28. The van der Waals surface area contributed by atoms with Gasteiger partial charge in [-0.1, -0.05) is 20.8 Å². The van der Waals surface area contributed by atoms with Crippen molar-refractivity contribution in [1.82, 2.24) is 0 Å². The summed E-state index contributed by atoms with van der Waals surface area (Å²) >= 11 is 0. The van der Waals surface area contributed by atoms with Crippen molar-refractivity contribution in [2.24, 2.45) is 17.8 Å². The Labute approximate surface area is 163 Å². The molecular weight excluding hydrogens is 504 g/mol. The van der Waals surface area contributed by atoms with E-state index < -0.39 is 8.32 Å². The molecule has 2 fully saturated rings. The van der Waals surface area contributed by atoms with Crippen molar-refractivity contribution < 1.29 is 54.0 Å². The Morgan fingerprint density at radius 2 is 1.86 bits per heavy atom. The number of fused-ring (bicyclic) bond motifs is 2. The molecule has 4 atom stereocenters. The number of hydrogen-bond acceptors (Lipinski definition) is 3. The van der Waals surface area contributed by atoms with Crippen LogP contribution in [0.1, 0.15) is 40.5 Å². The minimum absolute atomic E-state index is 0. The first-order valence-corrected chi connectivity index (χ1v) is 10.7. The van der Waals surface area contributed by atoms with E-state index in [4.69, 9.17) is 9.16 Å². The minimum Gasteiger partial charge on any atom is -1.00 e. The van der Waals surface area contributed by atoms with Crippen LogP contribution >= 0.6 is 0 Å². The molecule has 6 heteroatoms. The maximum Gasteiger partial charge on any atom is 1.00 e. The van der Waals surface area contributed by atoms with Gasteiger partial charge in [-0.2, -0.15) is 0 Å². The van der Waals surface area contributed by atoms with E-state index in [-0.39, 0.29) is 57.2 Å². The summed E-state index contributed by atoms with van der Waals surface area (Å²) in [5.74, 6) is 1.50. The first-order chi connectivity index (χ1) is 9.10. The molecule has 2 bridgehead atoms. The Morgan fingerprint density at radius 1 is 1.27 bits per heavy atom. The van der Waals surface area contributed by atoms with E-state index in [0.29, 0.717) is 17.8 Å². The van der Waals surface area contributed by atoms with Crippen LogP contribution in [0, 0.1) is 24.2 Å². The summed E-state index contributed by atoms with van der Waals surface area (Å²) in [5.41, 5.74) is 0. The van der Waals surface area contributed by atoms with Crippen molar-refractivity contribution in [3.05, 3.63) is 6.42 Å². The van der Waals surface area contributed by atoms with Crippen LogP contribution < -0.4 is 12.4 Å². The van der Waals surface area contributed by atoms with E-state index in [2.05, 4.69) is 40.3 Å². The fourth-order valence-electron chi connectivity index (χ4n) is 3.21. The zero-order chi connectivity index (χ0) is 15.1. The van der Waals surface area contributed by atoms with Crippen molar-refractivity contribution in [1.29, 1.82) is 0 Å². The smallest absolute Gasteiger partial charge is 1.00 e. The third kappa shape index (κ3) is 5.18. The zero-order valence-corrected chi connectivity index (χ0v) is 22.1. The summed E-state index contributed by atoms with van der Waals surface area (Å²) in [7, 11) is -1.67. The number of carbonyl (C=O) groups is 1. The number of hydrogen-bond donors (Lipinski definition) is 0. The molecule has 3 nitrogen and oxygen atoms in total. The molecular formula is C16H29ClHgO3Si. The summed E-state index contributed by atoms with van der Waals surface area (Å²) in [6, 6.07) is 0. The van der Waals surface area contributed by atoms with Crippen LogP contribution in [0.4, 0.5) is 0 Å². The summed E-state index contributed by atoms with van der Waals surface area (Å²) < 4.78 is 11.8. The number of halogens is 1. The van der Waals surface area contributed by atoms with Crippen LogP contribution in [-0.4, -0.2) is 27.0 Å². The second kappa shape index (κ2) is 8.30. The van der Waals surface area contributed by atoms with E-state index >= 15 is 0 Å². The van der Waals surface area contributed by atoms with Crippen molar-refractivity contribution in [2.75, 3.05) is 6.61 Å². The molecule has 0 amide bonds. The number of rotatable bonds is 4. The maximum atomic E-state index is 11.2. The predicted molar refractivity (Wildman–Crippen MR) is 82.7 cm³/mol. The molecule has 2 rings (SSSR count). The van der Waals surface area contributed by atoms with Gasteiger partial charge in [-0.05, 0) is 42.8 Å². The summed E-state index contributed by atoms with van der Waals surface area (Å²) in [6.07, 6.45) is 4.63. The average Bonchev–Trinajstić information content (AvgIpc) is 2.83. The molecule has 0 spiro atoms. The molecule has 0 aliphatic heterocycles. The Morgan fingerprint density at radius 3 is 2.32 bits per heavy atom. The van der Waals surface area contributed by atoms with Gasteiger partial charge >= 0.3 is 33.6 Å². The number of ether oxygens (including phenoxy) is 1. The van der Waals surface area contributed by atoms with Crippen LogP contribution in [0.5, 0.6) is 0 Å². The van der Waals surface area contributed by atoms with Gasteiger partial charge in [-0.25, -0.2) is 0 Å². The Balaban J connectivity index is 0.00000220. The normalized spacial score (nSPS) is 30.5. The van der Waals surface area contributed by atoms with Gasteiger partial charge in [-0.3, -0.25) is 4.79 Å². The van der Waals surface area contributed by atoms with Gasteiger partial charge in [0.2, 0.25) is 0 Å². The second-order valence-corrected chi connectivity index (χ2v) is 12.8. The molecule has 0 unspecified atom stereocenters. The van der Waals surface area contributed by atoms with Gasteiger partial charge in [0.15, 0.2) is 8.32 Å². The van der Waals surface area contributed by atoms with E-state index in [9.17, 15) is 4.79 Å². The molecule has 0 aromatic rings. The first kappa shape index (κ1) is 22.9. The SMILES string of the molecule is CC(=O)O[C@H]1[CH][C@@H]2C[C@H](CO[Si](C)(C)C(C)(C)C)[C@H]1C2.[Cl-].[Hg+]. The van der Waals surface area contributed by atoms with Gasteiger partial charge < -0.3 is 21.6 Å². The van der Waals surface area contributed by atoms with Gasteiger partial charge in [0.05, 0.1) is 0 Å². The summed E-state index contributed by atoms with van der Waals surface area (Å²) in [6.45, 7) is 13.8. The third-order valence-electron chi connectivity index (χ3n) is 5.44. The predicted octanol–water partition coefficient (Wildman–Crippen LogP) is 0.802. The largest absolute Gasteiger partial charge is 1.00 e. The standard InChI is InChI=1S/C16H29O3Si.ClH.Hg/c1-11(17)19-15-9-12-7-13(14(15)8-12)10-18-20(5,6)16(2,3)4;;/h9,12-15H,7-8,10H2,1-6H3;1H;/q;;+1/p-1/t12-,13-,14-,15+;;/m1../s1. The van der Waals surface area contributed by atoms with Crippen molar-refractivity contribution >= 4 is 14.3 Å². The van der Waals surface area contributed by atoms with Crippen molar-refractivity contribution in [3.63, 3.8) is 0 Å². The molecule has 0 aromatic carbocycles. The monoisotopic (exact) mass is 534 g/mol. The van der Waals surface area contributed by atoms with E-state index in [1.807, 2.05) is 0 Å². The first-order valence-electron chi connectivity index (χ1n) is 7.76. The Kier molecular flexibility index (Phi) is 8.63. The molecule has 0 saturated heterocycles. The van der Waals surface area contributed by atoms with Gasteiger partial charge in [-0.15, -0.1) is 0 Å². The van der Waals surface area contributed by atoms with Crippen LogP contribution in [0.3, 0.4) is 0 Å². The Bertz CT molecular complexity index is 384. The third-order valence-corrected chi connectivity index (χ3v) is 9.94. The van der Waals surface area contributed by atoms with Crippen LogP contribution in [0.15, 0.2) is 0 Å². The molecule has 2 radical (unpaired) electrons. The van der Waals surface area contributed by atoms with E-state index in [0.717, 1.165) is 6.61 Å². The van der Waals surface area contributed by atoms with E-state index in [1.165, 1.54) is 19.8 Å². The summed E-state index contributed by atoms with van der Waals surface area (Å²) in [5, 5.41) is 0.256. The van der Waals surface area contributed by atoms with Gasteiger partial charge in [0.25, 0.3) is 0 Å². The minimum atomic E-state index is -1.67. The van der Waals surface area contributed by atoms with Crippen LogP contribution in [0.25, 0.3) is 0 Å². The zero-order valence-electron chi connectivity index (χ0n) is 14.8. The average molecular weight is 534 g/mol. The molecule has 2 saturated carbocycles. The van der Waals surface area contributed by atoms with Crippen molar-refractivity contribution in [2.45, 2.75) is 64.8 Å². The molecule has 0 N–H and O–H groups in total. The second-order valence-electron chi connectivity index (χ2n) is 7.99. The molecule has 22 heavy (non-hydrogen) atoms. The quantitative estimate of drug-likeness (QED) is 0.397. The van der Waals surface area contributed by atoms with E-state index in [1.54, 1.807) is 0 Å². The molecule has 124 valence electrons. The van der Waals surface area contributed by atoms with Gasteiger partial charge in [0.1, 0.15) is 6.10 Å². The maximum absolute atomic E-state index is 11.2. The molecule has 0 aromatic heterocycles. The molecule has 2 aliphatic rings. The molecule has 2 aliphatic carbocycles. The summed E-state index contributed by atoms with van der Waals surface area (Å²) in [4.78, 5) is 11.2. The van der Waals surface area contributed by atoms with Crippen molar-refractivity contribution in [3.8, 4) is 0 Å². The fraction of sp³-hybridized carbons (Fsp3) is 0.875. The van der Waals surface area contributed by atoms with Gasteiger partial charge in [0, 0.05) is 25.9 Å². The Hall–Kier alpha value is 0.872. The molecule has 0 heterocycles. The topological polar surface area (TPSA) is 35.5 Å². The number of esters is 1. The van der Waals surface area contributed by atoms with Crippen LogP contribution in [-0.2, 0) is 41.6 Å². The number of carbonyl (C=O) groups excluding carboxylic acids is 1.